The first-order chi connectivity index (χ1) is 10.9. The summed E-state index contributed by atoms with van der Waals surface area (Å²) in [5.41, 5.74) is 3.78. The molecule has 0 bridgehead atoms. The Balaban J connectivity index is 2.27. The Morgan fingerprint density at radius 3 is 2.26 bits per heavy atom. The van der Waals surface area contributed by atoms with Crippen molar-refractivity contribution in [3.05, 3.63) is 70.3 Å². The highest BCUT2D eigenvalue weighted by atomic mass is 16.5. The molecule has 1 N–H and O–H groups in total. The van der Waals surface area contributed by atoms with Crippen LogP contribution < -0.4 is 4.74 Å². The number of carboxylic acid groups (broad SMARTS) is 1. The second-order valence-corrected chi connectivity index (χ2v) is 5.41. The number of aliphatic carboxylic acids is 1. The van der Waals surface area contributed by atoms with E-state index in [2.05, 4.69) is 0 Å². The number of aryl methyl sites for hydroxylation is 3. The van der Waals surface area contributed by atoms with Crippen molar-refractivity contribution in [2.24, 2.45) is 0 Å². The Hall–Kier alpha value is -2.88. The predicted octanol–water partition coefficient (Wildman–Crippen LogP) is 3.93. The summed E-state index contributed by atoms with van der Waals surface area (Å²) in [5, 5.41) is 8.68. The number of hydrogen-bond donors (Lipinski definition) is 1. The second kappa shape index (κ2) is 6.92. The summed E-state index contributed by atoms with van der Waals surface area (Å²) in [6.07, 6.45) is 2.58. The normalized spacial score (nSPS) is 10.7. The molecule has 0 aromatic heterocycles. The summed E-state index contributed by atoms with van der Waals surface area (Å²) >= 11 is 0. The van der Waals surface area contributed by atoms with Gasteiger partial charge in [-0.25, -0.2) is 9.59 Å². The quantitative estimate of drug-likeness (QED) is 0.528. The van der Waals surface area contributed by atoms with Crippen LogP contribution in [0.3, 0.4) is 0 Å². The topological polar surface area (TPSA) is 63.6 Å². The van der Waals surface area contributed by atoms with Crippen LogP contribution in [-0.2, 0) is 4.79 Å². The molecule has 4 heteroatoms. The van der Waals surface area contributed by atoms with E-state index in [1.807, 2.05) is 32.9 Å². The van der Waals surface area contributed by atoms with Gasteiger partial charge in [-0.2, -0.15) is 0 Å². The average molecular weight is 310 g/mol. The summed E-state index contributed by atoms with van der Waals surface area (Å²) in [6, 6.07) is 10.8. The highest BCUT2D eigenvalue weighted by molar-refractivity contribution is 5.91. The molecule has 0 unspecified atom stereocenters. The first kappa shape index (κ1) is 16.5. The molecule has 0 saturated heterocycles. The zero-order chi connectivity index (χ0) is 17.0. The van der Waals surface area contributed by atoms with Crippen LogP contribution in [0.5, 0.6) is 5.75 Å². The maximum Gasteiger partial charge on any atom is 0.343 e. The van der Waals surface area contributed by atoms with Crippen molar-refractivity contribution in [1.29, 1.82) is 0 Å². The van der Waals surface area contributed by atoms with E-state index in [0.717, 1.165) is 28.3 Å². The highest BCUT2D eigenvalue weighted by Crippen LogP contribution is 2.26. The summed E-state index contributed by atoms with van der Waals surface area (Å²) in [6.45, 7) is 5.56. The predicted molar refractivity (Wildman–Crippen MR) is 88.7 cm³/mol. The van der Waals surface area contributed by atoms with Crippen molar-refractivity contribution in [1.82, 2.24) is 0 Å². The van der Waals surface area contributed by atoms with Gasteiger partial charge in [0.05, 0.1) is 5.56 Å². The molecule has 0 spiro atoms. The van der Waals surface area contributed by atoms with Crippen molar-refractivity contribution in [3.63, 3.8) is 0 Å². The molecule has 0 heterocycles. The van der Waals surface area contributed by atoms with Gasteiger partial charge in [0.1, 0.15) is 5.75 Å². The van der Waals surface area contributed by atoms with Crippen LogP contribution in [0.15, 0.2) is 42.5 Å². The van der Waals surface area contributed by atoms with Crippen molar-refractivity contribution in [2.45, 2.75) is 20.8 Å². The van der Waals surface area contributed by atoms with Gasteiger partial charge in [0.2, 0.25) is 0 Å². The van der Waals surface area contributed by atoms with E-state index in [1.165, 1.54) is 6.08 Å². The van der Waals surface area contributed by atoms with Crippen LogP contribution in [0.25, 0.3) is 6.08 Å². The molecule has 23 heavy (non-hydrogen) atoms. The molecular weight excluding hydrogens is 292 g/mol. The average Bonchev–Trinajstić information content (AvgIpc) is 2.48. The Labute approximate surface area is 135 Å². The van der Waals surface area contributed by atoms with E-state index in [0.29, 0.717) is 11.3 Å². The van der Waals surface area contributed by atoms with E-state index in [9.17, 15) is 9.59 Å². The van der Waals surface area contributed by atoms with Gasteiger partial charge in [-0.3, -0.25) is 0 Å². The number of carbonyl (C=O) groups is 2. The van der Waals surface area contributed by atoms with Gasteiger partial charge in [0.25, 0.3) is 0 Å². The molecule has 0 fully saturated rings. The fraction of sp³-hybridized carbons (Fsp3) is 0.158. The lowest BCUT2D eigenvalue weighted by atomic mass is 10.1. The summed E-state index contributed by atoms with van der Waals surface area (Å²) in [4.78, 5) is 22.8. The van der Waals surface area contributed by atoms with Crippen LogP contribution >= 0.6 is 0 Å². The zero-order valence-electron chi connectivity index (χ0n) is 13.3. The maximum atomic E-state index is 12.3. The smallest absolute Gasteiger partial charge is 0.343 e. The van der Waals surface area contributed by atoms with Crippen molar-refractivity contribution >= 4 is 18.0 Å². The van der Waals surface area contributed by atoms with Gasteiger partial charge >= 0.3 is 11.9 Å². The van der Waals surface area contributed by atoms with Gasteiger partial charge in [-0.05, 0) is 67.8 Å². The SMILES string of the molecule is Cc1cccc(C(=O)Oc2c(C)cc(/C=C/C(=O)O)cc2C)c1. The van der Waals surface area contributed by atoms with E-state index >= 15 is 0 Å². The first-order valence-corrected chi connectivity index (χ1v) is 7.18. The molecular formula is C19H18O4. The molecule has 0 atom stereocenters. The fourth-order valence-electron chi connectivity index (χ4n) is 2.33. The van der Waals surface area contributed by atoms with E-state index in [1.54, 1.807) is 24.3 Å². The standard InChI is InChI=1S/C19H18O4/c1-12-5-4-6-16(9-12)19(22)23-18-13(2)10-15(11-14(18)3)7-8-17(20)21/h4-11H,1-3H3,(H,20,21)/b8-7+. The van der Waals surface area contributed by atoms with Crippen molar-refractivity contribution in [2.75, 3.05) is 0 Å². The number of ether oxygens (including phenoxy) is 1. The van der Waals surface area contributed by atoms with Gasteiger partial charge < -0.3 is 9.84 Å². The lowest BCUT2D eigenvalue weighted by Gasteiger charge is -2.12. The molecule has 0 radical (unpaired) electrons. The molecule has 0 amide bonds. The number of carbonyl (C=O) groups excluding carboxylic acids is 1. The lowest BCUT2D eigenvalue weighted by molar-refractivity contribution is -0.131. The first-order valence-electron chi connectivity index (χ1n) is 7.18. The van der Waals surface area contributed by atoms with Crippen LogP contribution in [0, 0.1) is 20.8 Å². The molecule has 2 rings (SSSR count). The minimum Gasteiger partial charge on any atom is -0.478 e. The van der Waals surface area contributed by atoms with E-state index in [-0.39, 0.29) is 0 Å². The number of esters is 1. The minimum absolute atomic E-state index is 0.409. The number of hydrogen-bond acceptors (Lipinski definition) is 3. The summed E-state index contributed by atoms with van der Waals surface area (Å²) in [5.74, 6) is -0.909. The number of carboxylic acids is 1. The summed E-state index contributed by atoms with van der Waals surface area (Å²) < 4.78 is 5.52. The maximum absolute atomic E-state index is 12.3. The monoisotopic (exact) mass is 310 g/mol. The minimum atomic E-state index is -1.00. The summed E-state index contributed by atoms with van der Waals surface area (Å²) in [7, 11) is 0. The third-order valence-electron chi connectivity index (χ3n) is 3.35. The van der Waals surface area contributed by atoms with Gasteiger partial charge in [-0.15, -0.1) is 0 Å². The third-order valence-corrected chi connectivity index (χ3v) is 3.35. The molecule has 0 aliphatic carbocycles. The molecule has 118 valence electrons. The molecule has 0 aliphatic heterocycles. The van der Waals surface area contributed by atoms with Crippen LogP contribution in [0.1, 0.15) is 32.6 Å². The third kappa shape index (κ3) is 4.30. The van der Waals surface area contributed by atoms with Crippen molar-refractivity contribution in [3.8, 4) is 5.75 Å². The van der Waals surface area contributed by atoms with Gasteiger partial charge in [0, 0.05) is 6.08 Å². The van der Waals surface area contributed by atoms with E-state index in [4.69, 9.17) is 9.84 Å². The largest absolute Gasteiger partial charge is 0.478 e. The Morgan fingerprint density at radius 1 is 1.04 bits per heavy atom. The Bertz CT molecular complexity index is 765. The number of benzene rings is 2. The molecule has 2 aromatic rings. The van der Waals surface area contributed by atoms with Gasteiger partial charge in [-0.1, -0.05) is 17.7 Å². The number of rotatable bonds is 4. The lowest BCUT2D eigenvalue weighted by Crippen LogP contribution is -2.10. The molecule has 0 aliphatic rings. The van der Waals surface area contributed by atoms with Crippen molar-refractivity contribution < 1.29 is 19.4 Å². The Kier molecular flexibility index (Phi) is 4.96. The Morgan fingerprint density at radius 2 is 1.70 bits per heavy atom. The van der Waals surface area contributed by atoms with Crippen LogP contribution in [-0.4, -0.2) is 17.0 Å². The second-order valence-electron chi connectivity index (χ2n) is 5.41. The highest BCUT2D eigenvalue weighted by Gasteiger charge is 2.13. The van der Waals surface area contributed by atoms with Crippen LogP contribution in [0.4, 0.5) is 0 Å². The molecule has 2 aromatic carbocycles. The fourth-order valence-corrected chi connectivity index (χ4v) is 2.33. The van der Waals surface area contributed by atoms with Gasteiger partial charge in [0.15, 0.2) is 0 Å². The van der Waals surface area contributed by atoms with E-state index < -0.39 is 11.9 Å². The van der Waals surface area contributed by atoms with Crippen LogP contribution in [0.2, 0.25) is 0 Å². The zero-order valence-corrected chi connectivity index (χ0v) is 13.3. The molecule has 0 saturated carbocycles. The molecule has 4 nitrogen and oxygen atoms in total.